The lowest BCUT2D eigenvalue weighted by molar-refractivity contribution is -0.123. The van der Waals surface area contributed by atoms with E-state index in [0.717, 1.165) is 18.4 Å². The lowest BCUT2D eigenvalue weighted by Crippen LogP contribution is -2.48. The number of benzene rings is 1. The summed E-state index contributed by atoms with van der Waals surface area (Å²) < 4.78 is 5.35. The van der Waals surface area contributed by atoms with Crippen LogP contribution in [0, 0.1) is 0 Å². The van der Waals surface area contributed by atoms with Crippen molar-refractivity contribution in [3.63, 3.8) is 0 Å². The second-order valence-electron chi connectivity index (χ2n) is 5.38. The predicted octanol–water partition coefficient (Wildman–Crippen LogP) is 2.52. The van der Waals surface area contributed by atoms with Crippen molar-refractivity contribution < 1.29 is 14.3 Å². The van der Waals surface area contributed by atoms with E-state index in [-0.39, 0.29) is 17.4 Å². The lowest BCUT2D eigenvalue weighted by atomic mass is 9.99. The normalized spacial score (nSPS) is 20.4. The first-order valence-electron chi connectivity index (χ1n) is 6.70. The average molecular weight is 259 g/mol. The van der Waals surface area contributed by atoms with Gasteiger partial charge >= 0.3 is 6.09 Å². The molecule has 1 aromatic carbocycles. The van der Waals surface area contributed by atoms with Gasteiger partial charge in [0.2, 0.25) is 0 Å². The maximum absolute atomic E-state index is 12.1. The quantitative estimate of drug-likeness (QED) is 0.820. The van der Waals surface area contributed by atoms with Crippen LogP contribution in [0.3, 0.4) is 0 Å². The van der Waals surface area contributed by atoms with Crippen molar-refractivity contribution in [1.29, 1.82) is 0 Å². The zero-order valence-corrected chi connectivity index (χ0v) is 10.8. The lowest BCUT2D eigenvalue weighted by Gasteiger charge is -2.34. The van der Waals surface area contributed by atoms with Crippen molar-refractivity contribution in [3.05, 3.63) is 35.9 Å². The third-order valence-corrected chi connectivity index (χ3v) is 3.97. The minimum absolute atomic E-state index is 0.205. The Morgan fingerprint density at radius 1 is 1.26 bits per heavy atom. The number of Topliss-reactive ketones (excluding diaryl/α,β-unsaturated/α-hetero) is 1. The fourth-order valence-electron chi connectivity index (χ4n) is 2.70. The molecule has 100 valence electrons. The molecule has 4 heteroatoms. The molecule has 0 atom stereocenters. The SMILES string of the molecule is O=C1CCN(C(=O)OCc2ccccc2)C2(CC2)C1. The van der Waals surface area contributed by atoms with Gasteiger partial charge in [0.25, 0.3) is 0 Å². The largest absolute Gasteiger partial charge is 0.445 e. The van der Waals surface area contributed by atoms with E-state index in [0.29, 0.717) is 26.0 Å². The molecule has 2 fully saturated rings. The summed E-state index contributed by atoms with van der Waals surface area (Å²) in [5, 5.41) is 0. The van der Waals surface area contributed by atoms with E-state index in [1.165, 1.54) is 0 Å². The smallest absolute Gasteiger partial charge is 0.410 e. The summed E-state index contributed by atoms with van der Waals surface area (Å²) in [6.45, 7) is 0.798. The van der Waals surface area contributed by atoms with Crippen molar-refractivity contribution >= 4 is 11.9 Å². The van der Waals surface area contributed by atoms with Gasteiger partial charge < -0.3 is 9.64 Å². The summed E-state index contributed by atoms with van der Waals surface area (Å²) in [5.41, 5.74) is 0.775. The number of ketones is 1. The van der Waals surface area contributed by atoms with Crippen LogP contribution in [0.25, 0.3) is 0 Å². The Hall–Kier alpha value is -1.84. The molecule has 2 aliphatic rings. The maximum atomic E-state index is 12.1. The molecule has 0 aromatic heterocycles. The number of ether oxygens (including phenoxy) is 1. The molecule has 0 bridgehead atoms. The number of hydrogen-bond acceptors (Lipinski definition) is 3. The number of piperidine rings is 1. The first kappa shape index (κ1) is 12.2. The second kappa shape index (κ2) is 4.68. The summed E-state index contributed by atoms with van der Waals surface area (Å²) in [4.78, 5) is 25.4. The molecule has 1 aliphatic heterocycles. The number of carbonyl (C=O) groups is 2. The van der Waals surface area contributed by atoms with Crippen molar-refractivity contribution in [2.24, 2.45) is 0 Å². The molecule has 1 aliphatic carbocycles. The highest BCUT2D eigenvalue weighted by Gasteiger charge is 2.53. The van der Waals surface area contributed by atoms with E-state index in [2.05, 4.69) is 0 Å². The Kier molecular flexibility index (Phi) is 3.01. The van der Waals surface area contributed by atoms with Gasteiger partial charge in [-0.25, -0.2) is 4.79 Å². The van der Waals surface area contributed by atoms with Crippen molar-refractivity contribution in [3.8, 4) is 0 Å². The number of hydrogen-bond donors (Lipinski definition) is 0. The Labute approximate surface area is 112 Å². The van der Waals surface area contributed by atoms with Gasteiger partial charge in [0, 0.05) is 19.4 Å². The van der Waals surface area contributed by atoms with Crippen LogP contribution >= 0.6 is 0 Å². The molecule has 4 nitrogen and oxygen atoms in total. The fourth-order valence-corrected chi connectivity index (χ4v) is 2.70. The Bertz CT molecular complexity index is 493. The van der Waals surface area contributed by atoms with Gasteiger partial charge in [-0.15, -0.1) is 0 Å². The molecular weight excluding hydrogens is 242 g/mol. The zero-order chi connectivity index (χ0) is 13.3. The van der Waals surface area contributed by atoms with Gasteiger partial charge in [0.05, 0.1) is 5.54 Å². The summed E-state index contributed by atoms with van der Waals surface area (Å²) >= 11 is 0. The molecule has 3 rings (SSSR count). The molecule has 0 N–H and O–H groups in total. The number of nitrogens with zero attached hydrogens (tertiary/aromatic N) is 1. The van der Waals surface area contributed by atoms with Crippen LogP contribution in [0.1, 0.15) is 31.2 Å². The fraction of sp³-hybridized carbons (Fsp3) is 0.467. The van der Waals surface area contributed by atoms with E-state index in [9.17, 15) is 9.59 Å². The van der Waals surface area contributed by atoms with E-state index < -0.39 is 0 Å². The maximum Gasteiger partial charge on any atom is 0.410 e. The van der Waals surface area contributed by atoms with Crippen molar-refractivity contribution in [1.82, 2.24) is 4.90 Å². The number of amides is 1. The third-order valence-electron chi connectivity index (χ3n) is 3.97. The van der Waals surface area contributed by atoms with Crippen LogP contribution in [0.5, 0.6) is 0 Å². The minimum atomic E-state index is -0.283. The van der Waals surface area contributed by atoms with E-state index >= 15 is 0 Å². The van der Waals surface area contributed by atoms with Crippen LogP contribution in [-0.4, -0.2) is 28.9 Å². The molecule has 1 spiro atoms. The summed E-state index contributed by atoms with van der Waals surface area (Å²) in [6.07, 6.45) is 2.54. The molecule has 1 aromatic rings. The molecule has 1 saturated carbocycles. The number of rotatable bonds is 2. The van der Waals surface area contributed by atoms with Gasteiger partial charge in [0.15, 0.2) is 0 Å². The first-order valence-corrected chi connectivity index (χ1v) is 6.70. The molecular formula is C15H17NO3. The minimum Gasteiger partial charge on any atom is -0.445 e. The summed E-state index contributed by atoms with van der Waals surface area (Å²) in [7, 11) is 0. The van der Waals surface area contributed by atoms with Gasteiger partial charge in [-0.2, -0.15) is 0 Å². The van der Waals surface area contributed by atoms with Gasteiger partial charge in [-0.05, 0) is 18.4 Å². The van der Waals surface area contributed by atoms with Crippen LogP contribution in [0.2, 0.25) is 0 Å². The first-order chi connectivity index (χ1) is 9.20. The second-order valence-corrected chi connectivity index (χ2v) is 5.38. The Balaban J connectivity index is 1.60. The summed E-state index contributed by atoms with van der Waals surface area (Å²) in [6, 6.07) is 9.64. The standard InChI is InChI=1S/C15H17NO3/c17-13-6-9-16(15(10-13)7-8-15)14(18)19-11-12-4-2-1-3-5-12/h1-5H,6-11H2. The van der Waals surface area contributed by atoms with Crippen LogP contribution in [0.15, 0.2) is 30.3 Å². The third kappa shape index (κ3) is 2.48. The highest BCUT2D eigenvalue weighted by molar-refractivity contribution is 5.84. The van der Waals surface area contributed by atoms with Gasteiger partial charge in [0.1, 0.15) is 12.4 Å². The Morgan fingerprint density at radius 3 is 2.68 bits per heavy atom. The molecule has 0 unspecified atom stereocenters. The van der Waals surface area contributed by atoms with E-state index in [1.54, 1.807) is 4.90 Å². The number of likely N-dealkylation sites (tertiary alicyclic amines) is 1. The van der Waals surface area contributed by atoms with Crippen LogP contribution < -0.4 is 0 Å². The van der Waals surface area contributed by atoms with Crippen LogP contribution in [-0.2, 0) is 16.1 Å². The highest BCUT2D eigenvalue weighted by Crippen LogP contribution is 2.47. The van der Waals surface area contributed by atoms with E-state index in [4.69, 9.17) is 4.74 Å². The molecule has 1 heterocycles. The molecule has 19 heavy (non-hydrogen) atoms. The average Bonchev–Trinajstić information content (AvgIpc) is 3.17. The zero-order valence-electron chi connectivity index (χ0n) is 10.8. The molecule has 0 radical (unpaired) electrons. The summed E-state index contributed by atoms with van der Waals surface area (Å²) in [5.74, 6) is 0.268. The van der Waals surface area contributed by atoms with Crippen molar-refractivity contribution in [2.45, 2.75) is 37.8 Å². The van der Waals surface area contributed by atoms with Gasteiger partial charge in [-0.1, -0.05) is 30.3 Å². The van der Waals surface area contributed by atoms with Gasteiger partial charge in [-0.3, -0.25) is 4.79 Å². The topological polar surface area (TPSA) is 46.6 Å². The number of carbonyl (C=O) groups excluding carboxylic acids is 2. The molecule has 1 saturated heterocycles. The van der Waals surface area contributed by atoms with Crippen LogP contribution in [0.4, 0.5) is 4.79 Å². The van der Waals surface area contributed by atoms with Crippen molar-refractivity contribution in [2.75, 3.05) is 6.54 Å². The van der Waals surface area contributed by atoms with E-state index in [1.807, 2.05) is 30.3 Å². The monoisotopic (exact) mass is 259 g/mol. The molecule has 1 amide bonds. The predicted molar refractivity (Wildman–Crippen MR) is 69.5 cm³/mol. The Morgan fingerprint density at radius 2 is 2.00 bits per heavy atom. The highest BCUT2D eigenvalue weighted by atomic mass is 16.6.